The predicted molar refractivity (Wildman–Crippen MR) is 150 cm³/mol. The summed E-state index contributed by atoms with van der Waals surface area (Å²) in [5.74, 6) is -1.24. The van der Waals surface area contributed by atoms with Crippen LogP contribution in [0.1, 0.15) is 34.3 Å². The fraction of sp³-hybridized carbons (Fsp3) is 0.379. The first kappa shape index (κ1) is 28.7. The van der Waals surface area contributed by atoms with E-state index in [-0.39, 0.29) is 17.5 Å². The summed E-state index contributed by atoms with van der Waals surface area (Å²) in [6.45, 7) is 5.71. The predicted octanol–water partition coefficient (Wildman–Crippen LogP) is 5.52. The maximum atomic E-state index is 14.0. The van der Waals surface area contributed by atoms with Gasteiger partial charge in [-0.2, -0.15) is 0 Å². The minimum atomic E-state index is -0.554. The zero-order valence-corrected chi connectivity index (χ0v) is 23.4. The molecule has 0 radical (unpaired) electrons. The van der Waals surface area contributed by atoms with Crippen LogP contribution in [0.5, 0.6) is 0 Å². The number of halogens is 5. The topological polar surface area (TPSA) is 51.7 Å². The highest BCUT2D eigenvalue weighted by Gasteiger charge is 2.29. The number of aromatic nitrogens is 1. The van der Waals surface area contributed by atoms with Gasteiger partial charge in [0, 0.05) is 63.1 Å². The fourth-order valence-corrected chi connectivity index (χ4v) is 5.84. The molecule has 40 heavy (non-hydrogen) atoms. The first-order valence-corrected chi connectivity index (χ1v) is 14.1. The van der Waals surface area contributed by atoms with Gasteiger partial charge in [0.25, 0.3) is 5.91 Å². The molecule has 2 aliphatic heterocycles. The molecule has 3 heterocycles. The van der Waals surface area contributed by atoms with Crippen molar-refractivity contribution in [2.24, 2.45) is 0 Å². The van der Waals surface area contributed by atoms with Gasteiger partial charge < -0.3 is 10.2 Å². The summed E-state index contributed by atoms with van der Waals surface area (Å²) in [6.07, 6.45) is 3.51. The molecule has 2 aromatic carbocycles. The molecule has 0 bridgehead atoms. The summed E-state index contributed by atoms with van der Waals surface area (Å²) in [7, 11) is 0. The van der Waals surface area contributed by atoms with Crippen molar-refractivity contribution in [3.63, 3.8) is 0 Å². The van der Waals surface area contributed by atoms with Crippen LogP contribution in [0, 0.1) is 17.5 Å². The molecule has 1 aromatic heterocycles. The molecular formula is C29H30Cl2F3N5O. The van der Waals surface area contributed by atoms with Gasteiger partial charge >= 0.3 is 0 Å². The Labute approximate surface area is 241 Å². The number of piperazine rings is 1. The van der Waals surface area contributed by atoms with E-state index in [2.05, 4.69) is 25.0 Å². The molecule has 6 nitrogen and oxygen atoms in total. The van der Waals surface area contributed by atoms with Crippen molar-refractivity contribution in [1.82, 2.24) is 20.1 Å². The van der Waals surface area contributed by atoms with Gasteiger partial charge in [0.1, 0.15) is 23.3 Å². The zero-order valence-electron chi connectivity index (χ0n) is 21.9. The molecule has 11 heteroatoms. The van der Waals surface area contributed by atoms with Crippen LogP contribution >= 0.6 is 23.2 Å². The van der Waals surface area contributed by atoms with Crippen LogP contribution < -0.4 is 10.2 Å². The highest BCUT2D eigenvalue weighted by atomic mass is 35.5. The van der Waals surface area contributed by atoms with Crippen LogP contribution in [0.3, 0.4) is 0 Å². The lowest BCUT2D eigenvalue weighted by atomic mass is 10.0. The number of pyridine rings is 1. The number of hydrogen-bond donors (Lipinski definition) is 1. The van der Waals surface area contributed by atoms with Crippen LogP contribution in [0.2, 0.25) is 10.0 Å². The van der Waals surface area contributed by atoms with Crippen molar-refractivity contribution in [3.8, 4) is 0 Å². The maximum absolute atomic E-state index is 14.0. The van der Waals surface area contributed by atoms with E-state index in [4.69, 9.17) is 23.2 Å². The second kappa shape index (κ2) is 12.8. The third-order valence-electron chi connectivity index (χ3n) is 7.62. The van der Waals surface area contributed by atoms with Crippen molar-refractivity contribution in [1.29, 1.82) is 0 Å². The van der Waals surface area contributed by atoms with Crippen LogP contribution in [-0.4, -0.2) is 66.0 Å². The summed E-state index contributed by atoms with van der Waals surface area (Å²) in [4.78, 5) is 23.9. The number of piperidine rings is 1. The lowest BCUT2D eigenvalue weighted by Crippen LogP contribution is -2.53. The van der Waals surface area contributed by atoms with E-state index in [1.54, 1.807) is 12.1 Å². The molecule has 0 aliphatic carbocycles. The number of anilines is 1. The molecule has 0 atom stereocenters. The molecule has 0 spiro atoms. The van der Waals surface area contributed by atoms with Crippen LogP contribution in [-0.2, 0) is 13.1 Å². The smallest absolute Gasteiger partial charge is 0.253 e. The third-order valence-corrected chi connectivity index (χ3v) is 8.19. The molecule has 0 saturated carbocycles. The molecule has 5 rings (SSSR count). The molecular weight excluding hydrogens is 562 g/mol. The Morgan fingerprint density at radius 1 is 0.900 bits per heavy atom. The van der Waals surface area contributed by atoms with Crippen LogP contribution in [0.4, 0.5) is 19.0 Å². The molecule has 2 saturated heterocycles. The number of carbonyl (C=O) groups excluding carboxylic acids is 1. The SMILES string of the molecule is O=C(NCc1ccc(F)c(Cl)c1)c1cnc(N2CCN(C3CCN(Cc4ccc(F)cc4F)CC3)CC2)c(Cl)c1. The Bertz CT molecular complexity index is 1360. The molecule has 3 aromatic rings. The van der Waals surface area contributed by atoms with E-state index < -0.39 is 17.5 Å². The third kappa shape index (κ3) is 6.89. The first-order chi connectivity index (χ1) is 19.3. The van der Waals surface area contributed by atoms with Gasteiger partial charge in [0.2, 0.25) is 0 Å². The maximum Gasteiger partial charge on any atom is 0.253 e. The minimum absolute atomic E-state index is 0.00455. The number of nitrogens with zero attached hydrogens (tertiary/aromatic N) is 4. The molecule has 0 unspecified atom stereocenters. The van der Waals surface area contributed by atoms with Gasteiger partial charge in [-0.1, -0.05) is 35.3 Å². The molecule has 2 fully saturated rings. The van der Waals surface area contributed by atoms with Crippen LogP contribution in [0.15, 0.2) is 48.7 Å². The zero-order chi connectivity index (χ0) is 28.2. The highest BCUT2D eigenvalue weighted by Crippen LogP contribution is 2.27. The van der Waals surface area contributed by atoms with Crippen molar-refractivity contribution in [2.45, 2.75) is 32.0 Å². The summed E-state index contributed by atoms with van der Waals surface area (Å²) >= 11 is 12.3. The number of nitrogens with one attached hydrogen (secondary N) is 1. The average Bonchev–Trinajstić information content (AvgIpc) is 2.95. The van der Waals surface area contributed by atoms with Crippen LogP contribution in [0.25, 0.3) is 0 Å². The monoisotopic (exact) mass is 591 g/mol. The van der Waals surface area contributed by atoms with E-state index in [0.717, 1.165) is 58.2 Å². The Morgan fingerprint density at radius 3 is 2.33 bits per heavy atom. The number of benzene rings is 2. The minimum Gasteiger partial charge on any atom is -0.353 e. The van der Waals surface area contributed by atoms with Gasteiger partial charge in [0.15, 0.2) is 0 Å². The Balaban J connectivity index is 1.09. The van der Waals surface area contributed by atoms with Gasteiger partial charge in [-0.05, 0) is 55.8 Å². The van der Waals surface area contributed by atoms with E-state index >= 15 is 0 Å². The quantitative estimate of drug-likeness (QED) is 0.392. The number of rotatable bonds is 7. The van der Waals surface area contributed by atoms with Gasteiger partial charge in [-0.3, -0.25) is 14.6 Å². The van der Waals surface area contributed by atoms with Gasteiger partial charge in [0.05, 0.1) is 15.6 Å². The number of carbonyl (C=O) groups is 1. The van der Waals surface area contributed by atoms with Gasteiger partial charge in [-0.15, -0.1) is 0 Å². The Hall–Kier alpha value is -2.85. The Kier molecular flexibility index (Phi) is 9.15. The first-order valence-electron chi connectivity index (χ1n) is 13.3. The number of likely N-dealkylation sites (tertiary alicyclic amines) is 1. The van der Waals surface area contributed by atoms with E-state index in [9.17, 15) is 18.0 Å². The molecule has 2 aliphatic rings. The average molecular weight is 592 g/mol. The Morgan fingerprint density at radius 2 is 1.65 bits per heavy atom. The number of amides is 1. The van der Waals surface area contributed by atoms with E-state index in [1.165, 1.54) is 30.5 Å². The largest absolute Gasteiger partial charge is 0.353 e. The molecule has 1 amide bonds. The number of hydrogen-bond acceptors (Lipinski definition) is 5. The second-order valence-corrected chi connectivity index (χ2v) is 11.0. The van der Waals surface area contributed by atoms with E-state index in [1.807, 2.05) is 0 Å². The normalized spacial score (nSPS) is 17.3. The summed E-state index contributed by atoms with van der Waals surface area (Å²) in [5.41, 5.74) is 1.55. The summed E-state index contributed by atoms with van der Waals surface area (Å²) in [6, 6.07) is 10.2. The van der Waals surface area contributed by atoms with Crippen molar-refractivity contribution in [3.05, 3.63) is 92.8 Å². The summed E-state index contributed by atoms with van der Waals surface area (Å²) in [5, 5.41) is 3.19. The highest BCUT2D eigenvalue weighted by molar-refractivity contribution is 6.33. The lowest BCUT2D eigenvalue weighted by Gasteiger charge is -2.43. The summed E-state index contributed by atoms with van der Waals surface area (Å²) < 4.78 is 40.6. The second-order valence-electron chi connectivity index (χ2n) is 10.2. The fourth-order valence-electron chi connectivity index (χ4n) is 5.35. The van der Waals surface area contributed by atoms with E-state index in [0.29, 0.717) is 40.1 Å². The van der Waals surface area contributed by atoms with Crippen molar-refractivity contribution in [2.75, 3.05) is 44.2 Å². The molecule has 1 N–H and O–H groups in total. The van der Waals surface area contributed by atoms with Gasteiger partial charge in [-0.25, -0.2) is 18.2 Å². The lowest BCUT2D eigenvalue weighted by molar-refractivity contribution is 0.0950. The van der Waals surface area contributed by atoms with Crippen molar-refractivity contribution < 1.29 is 18.0 Å². The standard InChI is InChI=1S/C29H30Cl2F3N5O/c30-24-13-19(1-4-26(24)33)16-36-29(40)21-14-25(31)28(35-17-21)39-11-9-38(10-12-39)23-5-7-37(8-6-23)18-20-2-3-22(32)15-27(20)34/h1-4,13-15,17,23H,5-12,16,18H2,(H,36,40). The molecule has 212 valence electrons. The van der Waals surface area contributed by atoms with Crippen molar-refractivity contribution >= 4 is 34.9 Å².